The molecule has 2 N–H and O–H groups in total. The van der Waals surface area contributed by atoms with Crippen molar-refractivity contribution in [3.8, 4) is 11.3 Å². The van der Waals surface area contributed by atoms with Crippen molar-refractivity contribution in [3.05, 3.63) is 54.6 Å². The number of amides is 1. The van der Waals surface area contributed by atoms with Gasteiger partial charge in [0.1, 0.15) is 10.7 Å². The minimum atomic E-state index is -0.363. The standard InChI is InChI=1S/C16H13N3OS/c17-14(20)10-21-16-13-9-5-4-8-12(13)15(18-19-16)11-6-2-1-3-7-11/h1-9H,10H2,(H2,17,20). The number of carbonyl (C=O) groups is 1. The van der Waals surface area contributed by atoms with Crippen molar-refractivity contribution in [1.82, 2.24) is 10.2 Å². The van der Waals surface area contributed by atoms with Crippen LogP contribution < -0.4 is 5.73 Å². The van der Waals surface area contributed by atoms with Crippen molar-refractivity contribution >= 4 is 28.4 Å². The van der Waals surface area contributed by atoms with Crippen molar-refractivity contribution in [1.29, 1.82) is 0 Å². The average Bonchev–Trinajstić information content (AvgIpc) is 2.53. The lowest BCUT2D eigenvalue weighted by Crippen LogP contribution is -2.13. The lowest BCUT2D eigenvalue weighted by Gasteiger charge is -2.08. The van der Waals surface area contributed by atoms with Crippen molar-refractivity contribution in [2.24, 2.45) is 5.73 Å². The Labute approximate surface area is 126 Å². The molecule has 4 nitrogen and oxygen atoms in total. The molecular weight excluding hydrogens is 282 g/mol. The predicted molar refractivity (Wildman–Crippen MR) is 84.9 cm³/mol. The summed E-state index contributed by atoms with van der Waals surface area (Å²) in [6.45, 7) is 0. The van der Waals surface area contributed by atoms with E-state index in [2.05, 4.69) is 10.2 Å². The molecule has 0 unspecified atom stereocenters. The summed E-state index contributed by atoms with van der Waals surface area (Å²) in [4.78, 5) is 11.0. The number of hydrogen-bond donors (Lipinski definition) is 1. The third-order valence-electron chi connectivity index (χ3n) is 3.05. The van der Waals surface area contributed by atoms with Crippen molar-refractivity contribution < 1.29 is 4.79 Å². The molecule has 0 atom stereocenters. The quantitative estimate of drug-likeness (QED) is 0.751. The van der Waals surface area contributed by atoms with E-state index in [1.54, 1.807) is 0 Å². The van der Waals surface area contributed by atoms with Crippen LogP contribution in [0.1, 0.15) is 0 Å². The molecule has 104 valence electrons. The summed E-state index contributed by atoms with van der Waals surface area (Å²) < 4.78 is 0. The number of thioether (sulfide) groups is 1. The number of aromatic nitrogens is 2. The first-order valence-corrected chi connectivity index (χ1v) is 7.46. The molecule has 21 heavy (non-hydrogen) atoms. The van der Waals surface area contributed by atoms with Crippen LogP contribution in [-0.2, 0) is 4.79 Å². The molecule has 0 fully saturated rings. The number of fused-ring (bicyclic) bond motifs is 1. The first-order valence-electron chi connectivity index (χ1n) is 6.47. The number of nitrogens with zero attached hydrogens (tertiary/aromatic N) is 2. The van der Waals surface area contributed by atoms with Gasteiger partial charge in [0.25, 0.3) is 0 Å². The zero-order valence-electron chi connectivity index (χ0n) is 11.2. The number of nitrogens with two attached hydrogens (primary N) is 1. The summed E-state index contributed by atoms with van der Waals surface area (Å²) in [5.41, 5.74) is 7.06. The second-order valence-corrected chi connectivity index (χ2v) is 5.48. The van der Waals surface area contributed by atoms with Crippen LogP contribution in [-0.4, -0.2) is 21.9 Å². The Morgan fingerprint density at radius 1 is 0.952 bits per heavy atom. The van der Waals surface area contributed by atoms with Crippen molar-refractivity contribution in [3.63, 3.8) is 0 Å². The summed E-state index contributed by atoms with van der Waals surface area (Å²) in [6, 6.07) is 17.9. The Morgan fingerprint density at radius 3 is 2.33 bits per heavy atom. The molecule has 3 aromatic rings. The molecule has 0 aliphatic carbocycles. The predicted octanol–water partition coefficient (Wildman–Crippen LogP) is 2.87. The van der Waals surface area contributed by atoms with E-state index in [0.29, 0.717) is 0 Å². The van der Waals surface area contributed by atoms with E-state index in [1.807, 2.05) is 54.6 Å². The SMILES string of the molecule is NC(=O)CSc1nnc(-c2ccccc2)c2ccccc12. The second kappa shape index (κ2) is 5.93. The first-order chi connectivity index (χ1) is 10.3. The minimum absolute atomic E-state index is 0.198. The van der Waals surface area contributed by atoms with Crippen molar-refractivity contribution in [2.75, 3.05) is 5.75 Å². The second-order valence-electron chi connectivity index (χ2n) is 4.52. The van der Waals surface area contributed by atoms with E-state index < -0.39 is 0 Å². The molecule has 0 bridgehead atoms. The summed E-state index contributed by atoms with van der Waals surface area (Å²) in [5.74, 6) is -0.165. The largest absolute Gasteiger partial charge is 0.369 e. The molecule has 0 aliphatic rings. The molecular formula is C16H13N3OS. The maximum absolute atomic E-state index is 11.0. The fraction of sp³-hybridized carbons (Fsp3) is 0.0625. The molecule has 3 rings (SSSR count). The number of benzene rings is 2. The molecule has 0 saturated heterocycles. The highest BCUT2D eigenvalue weighted by Crippen LogP contribution is 2.31. The molecule has 1 amide bonds. The van der Waals surface area contributed by atoms with E-state index in [9.17, 15) is 4.79 Å². The zero-order chi connectivity index (χ0) is 14.7. The number of rotatable bonds is 4. The fourth-order valence-corrected chi connectivity index (χ4v) is 2.85. The van der Waals surface area contributed by atoms with Gasteiger partial charge < -0.3 is 5.73 Å². The van der Waals surface area contributed by atoms with Gasteiger partial charge in [-0.05, 0) is 0 Å². The van der Waals surface area contributed by atoms with E-state index >= 15 is 0 Å². The van der Waals surface area contributed by atoms with Gasteiger partial charge in [-0.2, -0.15) is 0 Å². The fourth-order valence-electron chi connectivity index (χ4n) is 2.13. The summed E-state index contributed by atoms with van der Waals surface area (Å²) in [6.07, 6.45) is 0. The highest BCUT2D eigenvalue weighted by atomic mass is 32.2. The molecule has 0 radical (unpaired) electrons. The lowest BCUT2D eigenvalue weighted by molar-refractivity contribution is -0.115. The van der Waals surface area contributed by atoms with Gasteiger partial charge in [0, 0.05) is 16.3 Å². The first kappa shape index (κ1) is 13.6. The van der Waals surface area contributed by atoms with Crippen LogP contribution in [0.5, 0.6) is 0 Å². The van der Waals surface area contributed by atoms with Gasteiger partial charge in [0.2, 0.25) is 5.91 Å². The van der Waals surface area contributed by atoms with Crippen LogP contribution in [0, 0.1) is 0 Å². The average molecular weight is 295 g/mol. The van der Waals surface area contributed by atoms with Gasteiger partial charge in [-0.25, -0.2) is 0 Å². The number of carbonyl (C=O) groups excluding carboxylic acids is 1. The molecule has 0 saturated carbocycles. The Hall–Kier alpha value is -2.40. The van der Waals surface area contributed by atoms with Crippen molar-refractivity contribution in [2.45, 2.75) is 5.03 Å². The maximum atomic E-state index is 11.0. The maximum Gasteiger partial charge on any atom is 0.227 e. The van der Waals surface area contributed by atoms with Gasteiger partial charge in [-0.3, -0.25) is 4.79 Å². The van der Waals surface area contributed by atoms with Gasteiger partial charge in [0.05, 0.1) is 5.75 Å². The summed E-state index contributed by atoms with van der Waals surface area (Å²) in [7, 11) is 0. The molecule has 2 aromatic carbocycles. The summed E-state index contributed by atoms with van der Waals surface area (Å²) in [5, 5.41) is 11.3. The van der Waals surface area contributed by atoms with Gasteiger partial charge in [-0.15, -0.1) is 10.2 Å². The Balaban J connectivity index is 2.13. The zero-order valence-corrected chi connectivity index (χ0v) is 12.0. The van der Waals surface area contributed by atoms with E-state index in [1.165, 1.54) is 11.8 Å². The highest BCUT2D eigenvalue weighted by molar-refractivity contribution is 8.00. The van der Waals surface area contributed by atoms with Crippen LogP contribution in [0.2, 0.25) is 0 Å². The lowest BCUT2D eigenvalue weighted by atomic mass is 10.1. The third-order valence-corrected chi connectivity index (χ3v) is 4.06. The smallest absolute Gasteiger partial charge is 0.227 e. The normalized spacial score (nSPS) is 10.7. The van der Waals surface area contributed by atoms with Crippen LogP contribution >= 0.6 is 11.8 Å². The molecule has 5 heteroatoms. The Bertz CT molecular complexity index is 790. The molecule has 1 aromatic heterocycles. The van der Waals surface area contributed by atoms with Crippen LogP contribution in [0.25, 0.3) is 22.0 Å². The topological polar surface area (TPSA) is 68.9 Å². The van der Waals surface area contributed by atoms with Gasteiger partial charge in [0.15, 0.2) is 0 Å². The Morgan fingerprint density at radius 2 is 1.62 bits per heavy atom. The van der Waals surface area contributed by atoms with E-state index in [-0.39, 0.29) is 11.7 Å². The highest BCUT2D eigenvalue weighted by Gasteiger charge is 2.11. The molecule has 1 heterocycles. The van der Waals surface area contributed by atoms with Crippen LogP contribution in [0.4, 0.5) is 0 Å². The third kappa shape index (κ3) is 2.87. The van der Waals surface area contributed by atoms with E-state index in [0.717, 1.165) is 27.1 Å². The Kier molecular flexibility index (Phi) is 3.83. The van der Waals surface area contributed by atoms with Crippen LogP contribution in [0.15, 0.2) is 59.6 Å². The van der Waals surface area contributed by atoms with Crippen LogP contribution in [0.3, 0.4) is 0 Å². The van der Waals surface area contributed by atoms with Gasteiger partial charge >= 0.3 is 0 Å². The van der Waals surface area contributed by atoms with Gasteiger partial charge in [-0.1, -0.05) is 66.4 Å². The number of hydrogen-bond acceptors (Lipinski definition) is 4. The molecule has 0 aliphatic heterocycles. The monoisotopic (exact) mass is 295 g/mol. The minimum Gasteiger partial charge on any atom is -0.369 e. The molecule has 0 spiro atoms. The number of primary amides is 1. The summed E-state index contributed by atoms with van der Waals surface area (Å²) >= 11 is 1.31. The van der Waals surface area contributed by atoms with E-state index in [4.69, 9.17) is 5.73 Å².